The minimum atomic E-state index is -0.415. The van der Waals surface area contributed by atoms with E-state index < -0.39 is 5.82 Å². The lowest BCUT2D eigenvalue weighted by atomic mass is 9.84. The topological polar surface area (TPSA) is 43.9 Å². The van der Waals surface area contributed by atoms with Gasteiger partial charge in [0.1, 0.15) is 11.6 Å². The van der Waals surface area contributed by atoms with Crippen LogP contribution in [0.3, 0.4) is 0 Å². The van der Waals surface area contributed by atoms with E-state index in [-0.39, 0.29) is 29.0 Å². The molecule has 0 aliphatic carbocycles. The Morgan fingerprint density at radius 3 is 2.25 bits per heavy atom. The second kappa shape index (κ2) is 12.4. The SMILES string of the molecule is CC(CC(=O)N(CCN1CCN(C(=O)c2cccc(F)c2)CC1)Cc1ccc(F)cc1)CC(C)(C)C. The Morgan fingerprint density at radius 1 is 0.972 bits per heavy atom. The van der Waals surface area contributed by atoms with Gasteiger partial charge >= 0.3 is 0 Å². The summed E-state index contributed by atoms with van der Waals surface area (Å²) in [6.45, 7) is 12.9. The van der Waals surface area contributed by atoms with Gasteiger partial charge in [-0.3, -0.25) is 14.5 Å². The number of rotatable bonds is 9. The van der Waals surface area contributed by atoms with Gasteiger partial charge in [-0.15, -0.1) is 0 Å². The number of carbonyl (C=O) groups is 2. The molecular formula is C29H39F2N3O2. The molecule has 1 unspecified atom stereocenters. The molecule has 1 atom stereocenters. The van der Waals surface area contributed by atoms with E-state index in [0.717, 1.165) is 12.0 Å². The van der Waals surface area contributed by atoms with Crippen molar-refractivity contribution in [2.24, 2.45) is 11.3 Å². The van der Waals surface area contributed by atoms with Crippen molar-refractivity contribution in [3.63, 3.8) is 0 Å². The normalized spacial score (nSPS) is 15.6. The Kier molecular flexibility index (Phi) is 9.60. The van der Waals surface area contributed by atoms with Crippen LogP contribution in [0, 0.1) is 23.0 Å². The van der Waals surface area contributed by atoms with Gasteiger partial charge in [0.05, 0.1) is 0 Å². The van der Waals surface area contributed by atoms with Crippen LogP contribution in [0.25, 0.3) is 0 Å². The fraction of sp³-hybridized carbons (Fsp3) is 0.517. The molecule has 1 aliphatic rings. The number of piperazine rings is 1. The first-order chi connectivity index (χ1) is 17.0. The van der Waals surface area contributed by atoms with E-state index in [1.54, 1.807) is 29.2 Å². The van der Waals surface area contributed by atoms with E-state index >= 15 is 0 Å². The summed E-state index contributed by atoms with van der Waals surface area (Å²) >= 11 is 0. The van der Waals surface area contributed by atoms with Crippen molar-refractivity contribution < 1.29 is 18.4 Å². The van der Waals surface area contributed by atoms with Gasteiger partial charge in [-0.2, -0.15) is 0 Å². The molecule has 0 saturated carbocycles. The zero-order valence-corrected chi connectivity index (χ0v) is 22.0. The monoisotopic (exact) mass is 499 g/mol. The van der Waals surface area contributed by atoms with Crippen LogP contribution in [-0.4, -0.2) is 65.8 Å². The van der Waals surface area contributed by atoms with Gasteiger partial charge in [0.15, 0.2) is 0 Å². The van der Waals surface area contributed by atoms with Crippen LogP contribution >= 0.6 is 0 Å². The van der Waals surface area contributed by atoms with Crippen molar-refractivity contribution in [3.05, 3.63) is 71.3 Å². The molecule has 7 heteroatoms. The number of nitrogens with zero attached hydrogens (tertiary/aromatic N) is 3. The predicted molar refractivity (Wildman–Crippen MR) is 138 cm³/mol. The predicted octanol–water partition coefficient (Wildman–Crippen LogP) is 5.21. The Labute approximate surface area is 214 Å². The lowest BCUT2D eigenvalue weighted by Crippen LogP contribution is -2.50. The number of hydrogen-bond donors (Lipinski definition) is 0. The lowest BCUT2D eigenvalue weighted by Gasteiger charge is -2.36. The molecule has 2 aromatic carbocycles. The molecule has 196 valence electrons. The first kappa shape index (κ1) is 27.8. The summed E-state index contributed by atoms with van der Waals surface area (Å²) in [6.07, 6.45) is 1.44. The van der Waals surface area contributed by atoms with Crippen LogP contribution in [0.2, 0.25) is 0 Å². The molecule has 1 aliphatic heterocycles. The third-order valence-electron chi connectivity index (χ3n) is 6.54. The molecule has 0 aromatic heterocycles. The minimum Gasteiger partial charge on any atom is -0.337 e. The number of hydrogen-bond acceptors (Lipinski definition) is 3. The standard InChI is InChI=1S/C29H39F2N3O2/c1-22(20-29(2,3)4)18-27(35)34(21-23-8-10-25(30)11-9-23)17-14-32-12-15-33(16-13-32)28(36)24-6-5-7-26(31)19-24/h5-11,19,22H,12-18,20-21H2,1-4H3. The average molecular weight is 500 g/mol. The van der Waals surface area contributed by atoms with Gasteiger partial charge in [-0.1, -0.05) is 45.9 Å². The number of benzene rings is 2. The molecule has 5 nitrogen and oxygen atoms in total. The zero-order chi connectivity index (χ0) is 26.3. The van der Waals surface area contributed by atoms with E-state index in [0.29, 0.717) is 57.8 Å². The van der Waals surface area contributed by atoms with E-state index in [2.05, 4.69) is 32.6 Å². The molecule has 1 saturated heterocycles. The van der Waals surface area contributed by atoms with Crippen LogP contribution < -0.4 is 0 Å². The molecule has 2 aromatic rings. The summed E-state index contributed by atoms with van der Waals surface area (Å²) in [4.78, 5) is 31.8. The highest BCUT2D eigenvalue weighted by atomic mass is 19.1. The highest BCUT2D eigenvalue weighted by molar-refractivity contribution is 5.94. The molecule has 36 heavy (non-hydrogen) atoms. The van der Waals surface area contributed by atoms with Gasteiger partial charge in [-0.05, 0) is 53.6 Å². The van der Waals surface area contributed by atoms with E-state index in [4.69, 9.17) is 0 Å². The van der Waals surface area contributed by atoms with Crippen molar-refractivity contribution in [1.82, 2.24) is 14.7 Å². The summed E-state index contributed by atoms with van der Waals surface area (Å²) < 4.78 is 26.9. The molecule has 0 spiro atoms. The third-order valence-corrected chi connectivity index (χ3v) is 6.54. The fourth-order valence-electron chi connectivity index (χ4n) is 4.89. The zero-order valence-electron chi connectivity index (χ0n) is 22.0. The smallest absolute Gasteiger partial charge is 0.254 e. The summed E-state index contributed by atoms with van der Waals surface area (Å²) in [5.74, 6) is -0.486. The maximum absolute atomic E-state index is 13.5. The number of halogens is 2. The average Bonchev–Trinajstić information content (AvgIpc) is 2.81. The largest absolute Gasteiger partial charge is 0.337 e. The first-order valence-corrected chi connectivity index (χ1v) is 12.8. The lowest BCUT2D eigenvalue weighted by molar-refractivity contribution is -0.133. The van der Waals surface area contributed by atoms with Crippen LogP contribution in [-0.2, 0) is 11.3 Å². The van der Waals surface area contributed by atoms with Crippen molar-refractivity contribution in [3.8, 4) is 0 Å². The van der Waals surface area contributed by atoms with Gasteiger partial charge in [0, 0.05) is 57.8 Å². The number of carbonyl (C=O) groups excluding carboxylic acids is 2. The number of amides is 2. The molecule has 3 rings (SSSR count). The third kappa shape index (κ3) is 8.70. The maximum Gasteiger partial charge on any atom is 0.254 e. The second-order valence-corrected chi connectivity index (χ2v) is 11.2. The molecule has 1 fully saturated rings. The molecule has 1 heterocycles. The Morgan fingerprint density at radius 2 is 1.64 bits per heavy atom. The van der Waals surface area contributed by atoms with Gasteiger partial charge in [-0.25, -0.2) is 8.78 Å². The van der Waals surface area contributed by atoms with Gasteiger partial charge in [0.2, 0.25) is 5.91 Å². The first-order valence-electron chi connectivity index (χ1n) is 12.8. The summed E-state index contributed by atoms with van der Waals surface area (Å²) in [7, 11) is 0. The van der Waals surface area contributed by atoms with Crippen LogP contribution in [0.4, 0.5) is 8.78 Å². The fourth-order valence-corrected chi connectivity index (χ4v) is 4.89. The molecule has 2 amide bonds. The van der Waals surface area contributed by atoms with Crippen LogP contribution in [0.5, 0.6) is 0 Å². The van der Waals surface area contributed by atoms with Crippen molar-refractivity contribution >= 4 is 11.8 Å². The van der Waals surface area contributed by atoms with Crippen LogP contribution in [0.15, 0.2) is 48.5 Å². The maximum atomic E-state index is 13.5. The highest BCUT2D eigenvalue weighted by Crippen LogP contribution is 2.26. The van der Waals surface area contributed by atoms with E-state index in [9.17, 15) is 18.4 Å². The molecular weight excluding hydrogens is 460 g/mol. The Bertz CT molecular complexity index is 1010. The van der Waals surface area contributed by atoms with Gasteiger partial charge in [0.25, 0.3) is 5.91 Å². The highest BCUT2D eigenvalue weighted by Gasteiger charge is 2.25. The molecule has 0 radical (unpaired) electrons. The van der Waals surface area contributed by atoms with Crippen molar-refractivity contribution in [2.45, 2.75) is 47.1 Å². The van der Waals surface area contributed by atoms with Crippen LogP contribution in [0.1, 0.15) is 56.5 Å². The van der Waals surface area contributed by atoms with Gasteiger partial charge < -0.3 is 9.80 Å². The van der Waals surface area contributed by atoms with Crippen molar-refractivity contribution in [2.75, 3.05) is 39.3 Å². The molecule has 0 N–H and O–H groups in total. The Hall–Kier alpha value is -2.80. The molecule has 0 bridgehead atoms. The quantitative estimate of drug-likeness (QED) is 0.476. The summed E-state index contributed by atoms with van der Waals surface area (Å²) in [5, 5.41) is 0. The van der Waals surface area contributed by atoms with E-state index in [1.165, 1.54) is 24.3 Å². The van der Waals surface area contributed by atoms with Crippen molar-refractivity contribution in [1.29, 1.82) is 0 Å². The Balaban J connectivity index is 1.57. The minimum absolute atomic E-state index is 0.107. The summed E-state index contributed by atoms with van der Waals surface area (Å²) in [6, 6.07) is 12.1. The van der Waals surface area contributed by atoms with E-state index in [1.807, 2.05) is 4.90 Å². The second-order valence-electron chi connectivity index (χ2n) is 11.2. The summed E-state index contributed by atoms with van der Waals surface area (Å²) in [5.41, 5.74) is 1.42.